The highest BCUT2D eigenvalue weighted by molar-refractivity contribution is 5.80. The van der Waals surface area contributed by atoms with E-state index in [-0.39, 0.29) is 0 Å². The summed E-state index contributed by atoms with van der Waals surface area (Å²) < 4.78 is 5.34. The zero-order chi connectivity index (χ0) is 13.8. The predicted octanol–water partition coefficient (Wildman–Crippen LogP) is 3.86. The number of anilines is 1. The summed E-state index contributed by atoms with van der Waals surface area (Å²) in [6.07, 6.45) is 0. The van der Waals surface area contributed by atoms with Gasteiger partial charge in [-0.3, -0.25) is 0 Å². The molecule has 0 saturated carbocycles. The topological polar surface area (TPSA) is 34.1 Å². The summed E-state index contributed by atoms with van der Waals surface area (Å²) in [7, 11) is 1.69. The molecule has 0 spiro atoms. The van der Waals surface area contributed by atoms with E-state index in [0.29, 0.717) is 6.54 Å². The Kier molecular flexibility index (Phi) is 3.50. The van der Waals surface area contributed by atoms with Gasteiger partial charge >= 0.3 is 0 Å². The molecule has 2 aromatic carbocycles. The standard InChI is InChI=1S/C17H16N2O/c1-20-16-9-5-3-7-14(16)12-18-17-11-10-13-6-2-4-8-15(13)19-17/h2-11H,12H2,1H3,(H,18,19). The number of para-hydroxylation sites is 2. The average Bonchev–Trinajstić information content (AvgIpc) is 2.53. The van der Waals surface area contributed by atoms with E-state index < -0.39 is 0 Å². The van der Waals surface area contributed by atoms with E-state index in [0.717, 1.165) is 28.0 Å². The fourth-order valence-corrected chi connectivity index (χ4v) is 2.20. The minimum atomic E-state index is 0.690. The number of nitrogens with one attached hydrogen (secondary N) is 1. The van der Waals surface area contributed by atoms with Crippen LogP contribution in [0, 0.1) is 0 Å². The van der Waals surface area contributed by atoms with Crippen LogP contribution >= 0.6 is 0 Å². The number of fused-ring (bicyclic) bond motifs is 1. The fraction of sp³-hybridized carbons (Fsp3) is 0.118. The van der Waals surface area contributed by atoms with Crippen LogP contribution in [0.3, 0.4) is 0 Å². The van der Waals surface area contributed by atoms with Crippen molar-refractivity contribution in [2.45, 2.75) is 6.54 Å². The van der Waals surface area contributed by atoms with Crippen LogP contribution < -0.4 is 10.1 Å². The molecule has 0 amide bonds. The number of aromatic nitrogens is 1. The van der Waals surface area contributed by atoms with Gasteiger partial charge in [-0.05, 0) is 24.3 Å². The highest BCUT2D eigenvalue weighted by Gasteiger charge is 2.02. The van der Waals surface area contributed by atoms with Crippen molar-refractivity contribution in [2.24, 2.45) is 0 Å². The van der Waals surface area contributed by atoms with E-state index in [9.17, 15) is 0 Å². The van der Waals surface area contributed by atoms with Gasteiger partial charge in [0.15, 0.2) is 0 Å². The summed E-state index contributed by atoms with van der Waals surface area (Å²) in [6, 6.07) is 20.2. The summed E-state index contributed by atoms with van der Waals surface area (Å²) in [4.78, 5) is 4.59. The molecule has 1 heterocycles. The summed E-state index contributed by atoms with van der Waals surface area (Å²) >= 11 is 0. The SMILES string of the molecule is COc1ccccc1CNc1ccc2ccccc2n1. The second kappa shape index (κ2) is 5.61. The average molecular weight is 264 g/mol. The van der Waals surface area contributed by atoms with Crippen LogP contribution in [0.15, 0.2) is 60.7 Å². The zero-order valence-electron chi connectivity index (χ0n) is 11.3. The molecule has 0 saturated heterocycles. The van der Waals surface area contributed by atoms with Crippen LogP contribution in [0.25, 0.3) is 10.9 Å². The van der Waals surface area contributed by atoms with Crippen molar-refractivity contribution in [3.63, 3.8) is 0 Å². The lowest BCUT2D eigenvalue weighted by molar-refractivity contribution is 0.410. The van der Waals surface area contributed by atoms with Crippen molar-refractivity contribution in [3.05, 3.63) is 66.2 Å². The lowest BCUT2D eigenvalue weighted by Crippen LogP contribution is -2.03. The van der Waals surface area contributed by atoms with E-state index in [2.05, 4.69) is 22.4 Å². The number of hydrogen-bond donors (Lipinski definition) is 1. The third-order valence-corrected chi connectivity index (χ3v) is 3.25. The Bertz CT molecular complexity index is 725. The first-order valence-electron chi connectivity index (χ1n) is 6.58. The molecule has 3 rings (SSSR count). The largest absolute Gasteiger partial charge is 0.496 e. The van der Waals surface area contributed by atoms with Crippen LogP contribution in [0.1, 0.15) is 5.56 Å². The van der Waals surface area contributed by atoms with Crippen LogP contribution in [0.4, 0.5) is 5.82 Å². The minimum absolute atomic E-state index is 0.690. The van der Waals surface area contributed by atoms with Gasteiger partial charge in [0, 0.05) is 17.5 Å². The van der Waals surface area contributed by atoms with Crippen molar-refractivity contribution in [1.29, 1.82) is 0 Å². The van der Waals surface area contributed by atoms with Crippen molar-refractivity contribution in [3.8, 4) is 5.75 Å². The number of rotatable bonds is 4. The number of ether oxygens (including phenoxy) is 1. The maximum Gasteiger partial charge on any atom is 0.126 e. The normalized spacial score (nSPS) is 10.4. The Morgan fingerprint density at radius 2 is 1.75 bits per heavy atom. The highest BCUT2D eigenvalue weighted by atomic mass is 16.5. The van der Waals surface area contributed by atoms with Gasteiger partial charge in [-0.25, -0.2) is 4.98 Å². The molecule has 0 atom stereocenters. The van der Waals surface area contributed by atoms with Gasteiger partial charge in [0.05, 0.1) is 12.6 Å². The maximum atomic E-state index is 5.34. The minimum Gasteiger partial charge on any atom is -0.496 e. The lowest BCUT2D eigenvalue weighted by atomic mass is 10.2. The van der Waals surface area contributed by atoms with Gasteiger partial charge in [0.1, 0.15) is 11.6 Å². The van der Waals surface area contributed by atoms with Crippen LogP contribution in [0.5, 0.6) is 5.75 Å². The summed E-state index contributed by atoms with van der Waals surface area (Å²) in [5.41, 5.74) is 2.11. The second-order valence-corrected chi connectivity index (χ2v) is 4.55. The first-order chi connectivity index (χ1) is 9.86. The maximum absolute atomic E-state index is 5.34. The lowest BCUT2D eigenvalue weighted by Gasteiger charge is -2.10. The number of benzene rings is 2. The molecule has 0 aliphatic rings. The smallest absolute Gasteiger partial charge is 0.126 e. The number of hydrogen-bond acceptors (Lipinski definition) is 3. The Balaban J connectivity index is 1.79. The molecular formula is C17H16N2O. The van der Waals surface area contributed by atoms with Gasteiger partial charge in [-0.2, -0.15) is 0 Å². The first kappa shape index (κ1) is 12.5. The third-order valence-electron chi connectivity index (χ3n) is 3.25. The molecule has 1 aromatic heterocycles. The molecule has 0 unspecified atom stereocenters. The summed E-state index contributed by atoms with van der Waals surface area (Å²) in [5.74, 6) is 1.76. The quantitative estimate of drug-likeness (QED) is 0.777. The molecule has 1 N–H and O–H groups in total. The highest BCUT2D eigenvalue weighted by Crippen LogP contribution is 2.19. The Morgan fingerprint density at radius 1 is 0.950 bits per heavy atom. The van der Waals surface area contributed by atoms with Gasteiger partial charge < -0.3 is 10.1 Å². The first-order valence-corrected chi connectivity index (χ1v) is 6.58. The van der Waals surface area contributed by atoms with E-state index in [1.165, 1.54) is 0 Å². The van der Waals surface area contributed by atoms with E-state index in [1.54, 1.807) is 7.11 Å². The number of nitrogens with zero attached hydrogens (tertiary/aromatic N) is 1. The van der Waals surface area contributed by atoms with E-state index in [4.69, 9.17) is 4.74 Å². The molecule has 3 heteroatoms. The summed E-state index contributed by atoms with van der Waals surface area (Å²) in [5, 5.41) is 4.49. The zero-order valence-corrected chi connectivity index (χ0v) is 11.3. The monoisotopic (exact) mass is 264 g/mol. The van der Waals surface area contributed by atoms with E-state index in [1.807, 2.05) is 48.5 Å². The van der Waals surface area contributed by atoms with Crippen LogP contribution in [-0.4, -0.2) is 12.1 Å². The number of methoxy groups -OCH3 is 1. The molecule has 100 valence electrons. The summed E-state index contributed by atoms with van der Waals surface area (Å²) in [6.45, 7) is 0.690. The molecule has 20 heavy (non-hydrogen) atoms. The molecule has 0 aliphatic carbocycles. The van der Waals surface area contributed by atoms with Crippen molar-refractivity contribution in [2.75, 3.05) is 12.4 Å². The molecule has 3 aromatic rings. The molecule has 3 nitrogen and oxygen atoms in total. The van der Waals surface area contributed by atoms with Crippen molar-refractivity contribution < 1.29 is 4.74 Å². The Hall–Kier alpha value is -2.55. The fourth-order valence-electron chi connectivity index (χ4n) is 2.20. The molecular weight excluding hydrogens is 248 g/mol. The molecule has 0 aliphatic heterocycles. The second-order valence-electron chi connectivity index (χ2n) is 4.55. The van der Waals surface area contributed by atoms with Crippen LogP contribution in [0.2, 0.25) is 0 Å². The number of pyridine rings is 1. The molecule has 0 bridgehead atoms. The van der Waals surface area contributed by atoms with E-state index >= 15 is 0 Å². The van der Waals surface area contributed by atoms with Gasteiger partial charge in [-0.15, -0.1) is 0 Å². The van der Waals surface area contributed by atoms with Crippen LogP contribution in [-0.2, 0) is 6.54 Å². The van der Waals surface area contributed by atoms with Gasteiger partial charge in [-0.1, -0.05) is 36.4 Å². The third kappa shape index (κ3) is 2.57. The molecule has 0 fully saturated rings. The van der Waals surface area contributed by atoms with Crippen molar-refractivity contribution in [1.82, 2.24) is 4.98 Å². The Labute approximate surface area is 118 Å². The molecule has 0 radical (unpaired) electrons. The van der Waals surface area contributed by atoms with Gasteiger partial charge in [0.2, 0.25) is 0 Å². The van der Waals surface area contributed by atoms with Crippen molar-refractivity contribution >= 4 is 16.7 Å². The predicted molar refractivity (Wildman–Crippen MR) is 82.1 cm³/mol. The Morgan fingerprint density at radius 3 is 2.65 bits per heavy atom. The van der Waals surface area contributed by atoms with Gasteiger partial charge in [0.25, 0.3) is 0 Å².